The maximum Gasteiger partial charge on any atom is 0.0530 e. The number of rotatable bonds is 17. The van der Waals surface area contributed by atoms with Crippen molar-refractivity contribution in [1.29, 1.82) is 0 Å². The van der Waals surface area contributed by atoms with Gasteiger partial charge in [-0.05, 0) is 339 Å². The first-order valence-corrected chi connectivity index (χ1v) is 55.1. The van der Waals surface area contributed by atoms with Crippen LogP contribution in [0.5, 0.6) is 0 Å². The summed E-state index contributed by atoms with van der Waals surface area (Å²) in [5, 5.41) is 0. The summed E-state index contributed by atoms with van der Waals surface area (Å²) < 4.78 is 0. The van der Waals surface area contributed by atoms with E-state index in [0.29, 0.717) is 23.2 Å². The highest BCUT2D eigenvalue weighted by Crippen LogP contribution is 2.61. The van der Waals surface area contributed by atoms with Crippen molar-refractivity contribution in [3.05, 3.63) is 429 Å². The first-order chi connectivity index (χ1) is 70.2. The van der Waals surface area contributed by atoms with Crippen LogP contribution < -0.4 is 19.6 Å². The van der Waals surface area contributed by atoms with Crippen molar-refractivity contribution in [3.8, 4) is 89.0 Å². The Bertz CT molecular complexity index is 7560. The molecule has 21 rings (SSSR count). The van der Waals surface area contributed by atoms with E-state index < -0.39 is 0 Å². The number of aryl methyl sites for hydroxylation is 4. The molecule has 5 aliphatic rings. The normalized spacial score (nSPS) is 15.0. The molecule has 0 aromatic heterocycles. The van der Waals surface area contributed by atoms with Crippen molar-refractivity contribution in [1.82, 2.24) is 0 Å². The highest BCUT2D eigenvalue weighted by molar-refractivity contribution is 5.97. The Morgan fingerprint density at radius 3 is 0.980 bits per heavy atom. The Kier molecular flexibility index (Phi) is 28.5. The van der Waals surface area contributed by atoms with E-state index in [0.717, 1.165) is 12.8 Å². The fourth-order valence-corrected chi connectivity index (χ4v) is 25.5. The number of fused-ring (bicyclic) bond motifs is 12. The highest BCUT2D eigenvalue weighted by Gasteiger charge is 2.46. The second kappa shape index (κ2) is 40.3. The van der Waals surface area contributed by atoms with Gasteiger partial charge in [0.25, 0.3) is 0 Å². The molecule has 4 nitrogen and oxygen atoms in total. The van der Waals surface area contributed by atoms with Gasteiger partial charge < -0.3 is 19.6 Å². The van der Waals surface area contributed by atoms with Gasteiger partial charge in [-0.2, -0.15) is 0 Å². The molecule has 0 amide bonds. The number of hydrogen-bond acceptors (Lipinski definition) is 4. The zero-order chi connectivity index (χ0) is 106. The van der Waals surface area contributed by atoms with Gasteiger partial charge in [0, 0.05) is 94.5 Å². The van der Waals surface area contributed by atoms with Gasteiger partial charge in [-0.1, -0.05) is 426 Å². The average Bonchev–Trinajstić information content (AvgIpc) is 1.57. The van der Waals surface area contributed by atoms with Crippen molar-refractivity contribution in [2.75, 3.05) is 19.6 Å². The van der Waals surface area contributed by atoms with Crippen LogP contribution in [0.4, 0.5) is 45.5 Å². The Labute approximate surface area is 890 Å². The van der Waals surface area contributed by atoms with Crippen LogP contribution in [0.25, 0.3) is 89.0 Å². The summed E-state index contributed by atoms with van der Waals surface area (Å²) in [6.07, 6.45) is 7.07. The summed E-state index contributed by atoms with van der Waals surface area (Å²) in [5.41, 5.74) is 53.0. The van der Waals surface area contributed by atoms with Gasteiger partial charge in [0.1, 0.15) is 0 Å². The predicted octanol–water partition coefficient (Wildman–Crippen LogP) is 41.1. The number of benzene rings is 16. The van der Waals surface area contributed by atoms with E-state index in [1.165, 1.54) is 244 Å². The molecule has 4 heteroatoms. The van der Waals surface area contributed by atoms with Crippen molar-refractivity contribution in [3.63, 3.8) is 0 Å². The highest BCUT2D eigenvalue weighted by atomic mass is 15.2. The number of hydrogen-bond donors (Lipinski definition) is 0. The summed E-state index contributed by atoms with van der Waals surface area (Å²) in [4.78, 5) is 10.5. The zero-order valence-electron chi connectivity index (χ0n) is 94.7. The molecule has 0 heterocycles. The zero-order valence-corrected chi connectivity index (χ0v) is 94.7. The lowest BCUT2D eigenvalue weighted by atomic mass is 9.70. The molecule has 758 valence electrons. The first-order valence-electron chi connectivity index (χ1n) is 55.1. The maximum absolute atomic E-state index is 2.65. The Hall–Kier alpha value is -13.3. The van der Waals surface area contributed by atoms with E-state index in [1.807, 2.05) is 0 Å². The minimum Gasteiger partial charge on any atom is -0.335 e. The molecule has 16 aromatic carbocycles. The molecule has 0 radical (unpaired) electrons. The third kappa shape index (κ3) is 19.5. The molecule has 0 atom stereocenters. The van der Waals surface area contributed by atoms with E-state index in [2.05, 4.69) is 573 Å². The van der Waals surface area contributed by atoms with Crippen LogP contribution in [-0.2, 0) is 34.5 Å². The number of para-hydroxylation sites is 4. The van der Waals surface area contributed by atoms with Crippen LogP contribution >= 0.6 is 0 Å². The topological polar surface area (TPSA) is 13.0 Å². The van der Waals surface area contributed by atoms with Crippen LogP contribution in [0.15, 0.2) is 346 Å². The summed E-state index contributed by atoms with van der Waals surface area (Å²) in [5.74, 6) is 1.36. The fraction of sp³-hybridized carbons (Fsp3) is 0.333. The van der Waals surface area contributed by atoms with Crippen molar-refractivity contribution in [2.24, 2.45) is 5.41 Å². The molecular weight excluding hydrogens is 1790 g/mol. The van der Waals surface area contributed by atoms with Crippen LogP contribution in [0, 0.1) is 19.3 Å². The Morgan fingerprint density at radius 1 is 0.243 bits per heavy atom. The fourth-order valence-electron chi connectivity index (χ4n) is 25.5. The largest absolute Gasteiger partial charge is 0.335 e. The Balaban J connectivity index is 0.000000129. The summed E-state index contributed by atoms with van der Waals surface area (Å²) in [6, 6.07) is 129. The molecular formula is C144H162N4. The average molecular weight is 1950 g/mol. The molecule has 0 N–H and O–H groups in total. The van der Waals surface area contributed by atoms with Crippen LogP contribution in [0.1, 0.15) is 321 Å². The van der Waals surface area contributed by atoms with Gasteiger partial charge in [-0.15, -0.1) is 0 Å². The van der Waals surface area contributed by atoms with Gasteiger partial charge in [-0.3, -0.25) is 0 Å². The van der Waals surface area contributed by atoms with Crippen LogP contribution in [0.2, 0.25) is 0 Å². The molecule has 1 fully saturated rings. The number of anilines is 8. The molecule has 16 aromatic rings. The molecule has 0 bridgehead atoms. The SMILES string of the molecule is CC(C)c1cc2c(cc1N(c1c(-c3ccccc3)cccc1C(C)C)C(C)(C)C)-c1ccccc1C2(C)C.CC1(C)CCC(c2cc3c(cc2N(c2ccccc2-c2ccccc2)C(C)(C)C)-c2ccccc2C3(C)C)CC1.CCc1cc2c(cc1N(c1c(CC)cccc1-c1ccccc1)C(C)(C)C)-c1ccccc1C2(C)C.Cc1cc2c(cc1N(c1c(C)cccc1-c1ccccc1)C(C)(C)C)-c1ccccc1C2(C)C. The minimum atomic E-state index is -0.139. The third-order valence-corrected chi connectivity index (χ3v) is 33.2. The second-order valence-electron chi connectivity index (χ2n) is 50.3. The van der Waals surface area contributed by atoms with Crippen molar-refractivity contribution in [2.45, 2.75) is 308 Å². The molecule has 0 saturated heterocycles. The van der Waals surface area contributed by atoms with Gasteiger partial charge >= 0.3 is 0 Å². The Morgan fingerprint density at radius 2 is 0.561 bits per heavy atom. The van der Waals surface area contributed by atoms with E-state index >= 15 is 0 Å². The van der Waals surface area contributed by atoms with E-state index in [-0.39, 0.29) is 43.8 Å². The lowest BCUT2D eigenvalue weighted by Crippen LogP contribution is -2.39. The first kappa shape index (κ1) is 105. The monoisotopic (exact) mass is 1950 g/mol. The summed E-state index contributed by atoms with van der Waals surface area (Å²) >= 11 is 0. The van der Waals surface area contributed by atoms with E-state index in [9.17, 15) is 0 Å². The second-order valence-corrected chi connectivity index (χ2v) is 50.3. The maximum atomic E-state index is 2.65. The van der Waals surface area contributed by atoms with Gasteiger partial charge in [-0.25, -0.2) is 0 Å². The van der Waals surface area contributed by atoms with Crippen LogP contribution in [0.3, 0.4) is 0 Å². The summed E-state index contributed by atoms with van der Waals surface area (Å²) in [6.45, 7) is 70.5. The number of nitrogens with zero attached hydrogens (tertiary/aromatic N) is 4. The van der Waals surface area contributed by atoms with Crippen molar-refractivity contribution < 1.29 is 0 Å². The van der Waals surface area contributed by atoms with Gasteiger partial charge in [0.05, 0.1) is 17.1 Å². The molecule has 5 aliphatic carbocycles. The molecule has 1 saturated carbocycles. The van der Waals surface area contributed by atoms with E-state index in [1.54, 1.807) is 0 Å². The third-order valence-electron chi connectivity index (χ3n) is 33.2. The standard InChI is InChI=1S/C39H45N.C37H43N.C35H39N.C33H35N/c1-37(2,3)40(35-20-14-12-17-29(35)27-15-9-8-10-16-27)36-26-32-30-18-11-13-19-33(30)39(6,7)34(32)25-31(36)28-21-23-38(4,5)24-22-28;1-24(2)27-19-15-20-28(26-16-11-10-12-17-26)35(27)38(36(5,6)7)34-23-31-29-18-13-14-21-32(29)37(8,9)33(31)22-30(34)25(3)4;1-8-24-18-15-20-27(26-16-11-10-12-17-26)33(24)36(34(3,4)5)32-23-29-28-19-13-14-21-30(28)35(6,7)31(29)22-25(32)9-2;1-22-14-13-18-25(24-15-9-8-10-16-24)31(22)34(32(3,4)5)30-21-27-26-17-11-12-19-28(26)33(6,7)29(27)20-23(30)2/h8-20,25-26,28H,21-24H2,1-7H3;10-25H,1-9H3;10-23H,8-9H2,1-7H3;8-21H,1-7H3. The smallest absolute Gasteiger partial charge is 0.0530 e. The van der Waals surface area contributed by atoms with Gasteiger partial charge in [0.2, 0.25) is 0 Å². The van der Waals surface area contributed by atoms with Crippen LogP contribution in [-0.4, -0.2) is 22.2 Å². The van der Waals surface area contributed by atoms with Gasteiger partial charge in [0.15, 0.2) is 0 Å². The lowest BCUT2D eigenvalue weighted by Gasteiger charge is -2.43. The molecule has 0 aliphatic heterocycles. The van der Waals surface area contributed by atoms with E-state index in [4.69, 9.17) is 0 Å². The molecule has 0 unspecified atom stereocenters. The molecule has 148 heavy (non-hydrogen) atoms. The summed E-state index contributed by atoms with van der Waals surface area (Å²) in [7, 11) is 0. The minimum absolute atomic E-state index is 0.00164. The molecule has 0 spiro atoms. The quantitative estimate of drug-likeness (QED) is 0.0901. The van der Waals surface area contributed by atoms with Crippen molar-refractivity contribution >= 4 is 45.5 Å². The predicted molar refractivity (Wildman–Crippen MR) is 643 cm³/mol. The lowest BCUT2D eigenvalue weighted by molar-refractivity contribution is 0.224.